The van der Waals surface area contributed by atoms with Crippen molar-refractivity contribution >= 4 is 22.5 Å². The van der Waals surface area contributed by atoms with Crippen molar-refractivity contribution in [3.8, 4) is 28.2 Å². The maximum atomic E-state index is 13.1. The highest BCUT2D eigenvalue weighted by Gasteiger charge is 2.30. The molecule has 0 bridgehead atoms. The fourth-order valence-corrected chi connectivity index (χ4v) is 4.22. The third-order valence-electron chi connectivity index (χ3n) is 5.97. The summed E-state index contributed by atoms with van der Waals surface area (Å²) in [4.78, 5) is 16.6. The SMILES string of the molecule is C=CC(=O)Nc1cc(-c2ncccc2C)cc(-n2nc(-c3ccc(C(F)(F)F)cc3)c3ccccc32)c1. The molecular formula is C29H21F3N4O. The molecule has 5 rings (SSSR count). The van der Waals surface area contributed by atoms with Crippen molar-refractivity contribution in [1.29, 1.82) is 0 Å². The Bertz CT molecular complexity index is 1640. The summed E-state index contributed by atoms with van der Waals surface area (Å²) in [5, 5.41) is 8.38. The van der Waals surface area contributed by atoms with Crippen molar-refractivity contribution in [3.63, 3.8) is 0 Å². The van der Waals surface area contributed by atoms with Gasteiger partial charge in [-0.15, -0.1) is 0 Å². The fraction of sp³-hybridized carbons (Fsp3) is 0.0690. The molecule has 5 nitrogen and oxygen atoms in total. The minimum atomic E-state index is -4.42. The van der Waals surface area contributed by atoms with Gasteiger partial charge in [-0.25, -0.2) is 4.68 Å². The summed E-state index contributed by atoms with van der Waals surface area (Å²) in [6.07, 6.45) is -1.54. The topological polar surface area (TPSA) is 59.8 Å². The number of aromatic nitrogens is 3. The summed E-state index contributed by atoms with van der Waals surface area (Å²) in [5.74, 6) is -0.364. The number of hydrogen-bond donors (Lipinski definition) is 1. The van der Waals surface area contributed by atoms with Crippen molar-refractivity contribution in [2.45, 2.75) is 13.1 Å². The number of anilines is 1. The minimum Gasteiger partial charge on any atom is -0.322 e. The van der Waals surface area contributed by atoms with E-state index in [0.717, 1.165) is 39.9 Å². The molecule has 1 N–H and O–H groups in total. The zero-order chi connectivity index (χ0) is 26.2. The lowest BCUT2D eigenvalue weighted by atomic mass is 10.0. The molecule has 2 aromatic heterocycles. The van der Waals surface area contributed by atoms with Crippen molar-refractivity contribution in [3.05, 3.63) is 109 Å². The monoisotopic (exact) mass is 498 g/mol. The van der Waals surface area contributed by atoms with Gasteiger partial charge < -0.3 is 5.32 Å². The number of carbonyl (C=O) groups excluding carboxylic acids is 1. The molecule has 1 amide bonds. The molecule has 0 spiro atoms. The Kier molecular flexibility index (Phi) is 6.09. The van der Waals surface area contributed by atoms with E-state index in [-0.39, 0.29) is 5.91 Å². The number of carbonyl (C=O) groups is 1. The molecule has 0 aliphatic heterocycles. The predicted molar refractivity (Wildman–Crippen MR) is 138 cm³/mol. The van der Waals surface area contributed by atoms with Gasteiger partial charge in [0.1, 0.15) is 5.69 Å². The van der Waals surface area contributed by atoms with Crippen molar-refractivity contribution < 1.29 is 18.0 Å². The zero-order valence-electron chi connectivity index (χ0n) is 19.8. The lowest BCUT2D eigenvalue weighted by Gasteiger charge is -2.12. The number of pyridine rings is 1. The highest BCUT2D eigenvalue weighted by molar-refractivity contribution is 6.00. The summed E-state index contributed by atoms with van der Waals surface area (Å²) in [6, 6.07) is 21.7. The van der Waals surface area contributed by atoms with Crippen LogP contribution in [-0.2, 0) is 11.0 Å². The van der Waals surface area contributed by atoms with E-state index >= 15 is 0 Å². The highest BCUT2D eigenvalue weighted by atomic mass is 19.4. The van der Waals surface area contributed by atoms with E-state index in [2.05, 4.69) is 16.9 Å². The van der Waals surface area contributed by atoms with E-state index in [1.165, 1.54) is 18.2 Å². The first-order chi connectivity index (χ1) is 17.7. The van der Waals surface area contributed by atoms with Gasteiger partial charge in [0.2, 0.25) is 5.91 Å². The number of nitrogens with one attached hydrogen (secondary N) is 1. The number of benzene rings is 3. The van der Waals surface area contributed by atoms with Crippen LogP contribution in [0.4, 0.5) is 18.9 Å². The summed E-state index contributed by atoms with van der Waals surface area (Å²) >= 11 is 0. The van der Waals surface area contributed by atoms with Crippen molar-refractivity contribution in [2.24, 2.45) is 0 Å². The highest BCUT2D eigenvalue weighted by Crippen LogP contribution is 2.35. The lowest BCUT2D eigenvalue weighted by Crippen LogP contribution is -2.08. The molecule has 0 atom stereocenters. The minimum absolute atomic E-state index is 0.364. The second-order valence-electron chi connectivity index (χ2n) is 8.48. The Morgan fingerprint density at radius 3 is 2.41 bits per heavy atom. The zero-order valence-corrected chi connectivity index (χ0v) is 19.8. The smallest absolute Gasteiger partial charge is 0.322 e. The fourth-order valence-electron chi connectivity index (χ4n) is 4.22. The Labute approximate surface area is 210 Å². The van der Waals surface area contributed by atoms with Crippen molar-refractivity contribution in [2.75, 3.05) is 5.32 Å². The van der Waals surface area contributed by atoms with Crippen LogP contribution in [0.1, 0.15) is 11.1 Å². The Hall–Kier alpha value is -4.72. The molecule has 8 heteroatoms. The van der Waals surface area contributed by atoms with Crippen LogP contribution >= 0.6 is 0 Å². The molecule has 0 saturated carbocycles. The van der Waals surface area contributed by atoms with Crippen LogP contribution < -0.4 is 5.32 Å². The van der Waals surface area contributed by atoms with E-state index in [1.54, 1.807) is 16.9 Å². The average molecular weight is 499 g/mol. The number of halogens is 3. The summed E-state index contributed by atoms with van der Waals surface area (Å²) in [5.41, 5.74) is 4.78. The molecule has 0 fully saturated rings. The number of rotatable bonds is 5. The van der Waals surface area contributed by atoms with Crippen LogP contribution in [0.15, 0.2) is 97.7 Å². The van der Waals surface area contributed by atoms with Gasteiger partial charge in [-0.2, -0.15) is 18.3 Å². The molecule has 0 saturated heterocycles. The summed E-state index contributed by atoms with van der Waals surface area (Å²) in [7, 11) is 0. The number of hydrogen-bond acceptors (Lipinski definition) is 3. The van der Waals surface area contributed by atoms with Crippen molar-refractivity contribution in [1.82, 2.24) is 14.8 Å². The third kappa shape index (κ3) is 4.73. The molecule has 5 aromatic rings. The van der Waals surface area contributed by atoms with Gasteiger partial charge in [0.15, 0.2) is 0 Å². The van der Waals surface area contributed by atoms with E-state index in [4.69, 9.17) is 5.10 Å². The van der Waals surface area contributed by atoms with Gasteiger partial charge in [0.05, 0.1) is 22.5 Å². The normalized spacial score (nSPS) is 11.5. The van der Waals surface area contributed by atoms with Crippen LogP contribution in [0.3, 0.4) is 0 Å². The van der Waals surface area contributed by atoms with Crippen LogP contribution in [0.5, 0.6) is 0 Å². The van der Waals surface area contributed by atoms with Crippen LogP contribution in [0.2, 0.25) is 0 Å². The summed E-state index contributed by atoms with van der Waals surface area (Å²) in [6.45, 7) is 5.47. The lowest BCUT2D eigenvalue weighted by molar-refractivity contribution is -0.137. The quantitative estimate of drug-likeness (QED) is 0.261. The standard InChI is InChI=1S/C29H21F3N4O/c1-3-26(37)34-22-15-20(27-18(2)7-6-14-33-27)16-23(17-22)36-25-9-5-4-8-24(25)28(35-36)19-10-12-21(13-11-19)29(30,31)32/h3-17H,1H2,2H3,(H,34,37). The number of nitrogens with zero attached hydrogens (tertiary/aromatic N) is 3. The Morgan fingerprint density at radius 1 is 0.946 bits per heavy atom. The van der Waals surface area contributed by atoms with E-state index in [9.17, 15) is 18.0 Å². The molecule has 184 valence electrons. The van der Waals surface area contributed by atoms with Crippen LogP contribution in [0.25, 0.3) is 39.1 Å². The van der Waals surface area contributed by atoms with Gasteiger partial charge in [0.25, 0.3) is 0 Å². The molecular weight excluding hydrogens is 477 g/mol. The average Bonchev–Trinajstić information content (AvgIpc) is 3.28. The molecule has 2 heterocycles. The molecule has 0 radical (unpaired) electrons. The first-order valence-corrected chi connectivity index (χ1v) is 11.4. The number of para-hydroxylation sites is 1. The molecule has 0 aliphatic rings. The van der Waals surface area contributed by atoms with E-state index < -0.39 is 11.7 Å². The molecule has 0 aliphatic carbocycles. The first kappa shape index (κ1) is 24.0. The number of alkyl halides is 3. The largest absolute Gasteiger partial charge is 0.416 e. The van der Waals surface area contributed by atoms with E-state index in [0.29, 0.717) is 22.6 Å². The number of aryl methyl sites for hydroxylation is 1. The summed E-state index contributed by atoms with van der Waals surface area (Å²) < 4.78 is 41.0. The van der Waals surface area contributed by atoms with Gasteiger partial charge in [0, 0.05) is 28.4 Å². The van der Waals surface area contributed by atoms with Gasteiger partial charge in [-0.3, -0.25) is 9.78 Å². The van der Waals surface area contributed by atoms with Gasteiger partial charge in [-0.05, 0) is 61.0 Å². The maximum absolute atomic E-state index is 13.1. The molecule has 0 unspecified atom stereocenters. The molecule has 3 aromatic carbocycles. The van der Waals surface area contributed by atoms with Gasteiger partial charge >= 0.3 is 6.18 Å². The van der Waals surface area contributed by atoms with Crippen LogP contribution in [-0.4, -0.2) is 20.7 Å². The molecule has 37 heavy (non-hydrogen) atoms. The maximum Gasteiger partial charge on any atom is 0.416 e. The van der Waals surface area contributed by atoms with Crippen LogP contribution in [0, 0.1) is 6.92 Å². The van der Waals surface area contributed by atoms with Gasteiger partial charge in [-0.1, -0.05) is 43.0 Å². The Morgan fingerprint density at radius 2 is 1.70 bits per heavy atom. The number of amides is 1. The first-order valence-electron chi connectivity index (χ1n) is 11.4. The Balaban J connectivity index is 1.70. The second kappa shape index (κ2) is 9.39. The van der Waals surface area contributed by atoms with E-state index in [1.807, 2.05) is 55.5 Å². The number of fused-ring (bicyclic) bond motifs is 1. The third-order valence-corrected chi connectivity index (χ3v) is 5.97. The predicted octanol–water partition coefficient (Wildman–Crippen LogP) is 7.21. The second-order valence-corrected chi connectivity index (χ2v) is 8.48.